The van der Waals surface area contributed by atoms with E-state index < -0.39 is 18.2 Å². The van der Waals surface area contributed by atoms with Crippen LogP contribution in [0.5, 0.6) is 0 Å². The number of nitrogens with one attached hydrogen (secondary N) is 2. The van der Waals surface area contributed by atoms with Crippen molar-refractivity contribution < 1.29 is 24.2 Å². The van der Waals surface area contributed by atoms with Gasteiger partial charge < -0.3 is 20.5 Å². The number of hydrogen-bond acceptors (Lipinski definition) is 4. The zero-order chi connectivity index (χ0) is 16.4. The lowest BCUT2D eigenvalue weighted by molar-refractivity contribution is -0.150. The average Bonchev–Trinajstić information content (AvgIpc) is 3.19. The summed E-state index contributed by atoms with van der Waals surface area (Å²) in [5.74, 6) is -1.54. The van der Waals surface area contributed by atoms with E-state index in [1.54, 1.807) is 24.3 Å². The van der Waals surface area contributed by atoms with Crippen LogP contribution in [0.3, 0.4) is 0 Å². The summed E-state index contributed by atoms with van der Waals surface area (Å²) >= 11 is 0. The topological polar surface area (TPSA) is 105 Å². The molecular formula is C16H18N2O5. The van der Waals surface area contributed by atoms with E-state index in [0.717, 1.165) is 12.8 Å². The Balaban J connectivity index is 1.54. The molecule has 7 nitrogen and oxygen atoms in total. The maximum atomic E-state index is 12.0. The van der Waals surface area contributed by atoms with Gasteiger partial charge in [-0.2, -0.15) is 0 Å². The number of carboxylic acid groups (broad SMARTS) is 1. The summed E-state index contributed by atoms with van der Waals surface area (Å²) in [4.78, 5) is 34.7. The van der Waals surface area contributed by atoms with E-state index in [2.05, 4.69) is 10.6 Å². The van der Waals surface area contributed by atoms with Crippen LogP contribution in [0.15, 0.2) is 24.3 Å². The SMILES string of the molecule is O=C(NC1CC1)c1ccc(NC(=O)[C@@H]2CC[C@H](C(=O)O)O2)cc1. The molecule has 7 heteroatoms. The van der Waals surface area contributed by atoms with Gasteiger partial charge in [-0.25, -0.2) is 4.79 Å². The Bertz CT molecular complexity index is 624. The van der Waals surface area contributed by atoms with Crippen LogP contribution in [-0.2, 0) is 14.3 Å². The Hall–Kier alpha value is -2.41. The minimum absolute atomic E-state index is 0.117. The van der Waals surface area contributed by atoms with Crippen LogP contribution in [0.2, 0.25) is 0 Å². The molecule has 2 amide bonds. The van der Waals surface area contributed by atoms with Gasteiger partial charge in [0.25, 0.3) is 11.8 Å². The number of rotatable bonds is 5. The highest BCUT2D eigenvalue weighted by Crippen LogP contribution is 2.22. The first kappa shape index (κ1) is 15.5. The van der Waals surface area contributed by atoms with Crippen molar-refractivity contribution in [1.29, 1.82) is 0 Å². The predicted molar refractivity (Wildman–Crippen MR) is 81.1 cm³/mol. The average molecular weight is 318 g/mol. The van der Waals surface area contributed by atoms with Crippen molar-refractivity contribution in [2.24, 2.45) is 0 Å². The molecule has 0 radical (unpaired) electrons. The Morgan fingerprint density at radius 2 is 1.65 bits per heavy atom. The van der Waals surface area contributed by atoms with Crippen LogP contribution >= 0.6 is 0 Å². The molecular weight excluding hydrogens is 300 g/mol. The zero-order valence-corrected chi connectivity index (χ0v) is 12.5. The first-order chi connectivity index (χ1) is 11.0. The third-order valence-electron chi connectivity index (χ3n) is 3.91. The van der Waals surface area contributed by atoms with Gasteiger partial charge in [0.2, 0.25) is 0 Å². The Morgan fingerprint density at radius 1 is 1.00 bits per heavy atom. The molecule has 1 aliphatic carbocycles. The Morgan fingerprint density at radius 3 is 2.22 bits per heavy atom. The van der Waals surface area contributed by atoms with Crippen LogP contribution in [0.1, 0.15) is 36.0 Å². The minimum Gasteiger partial charge on any atom is -0.479 e. The van der Waals surface area contributed by atoms with E-state index in [9.17, 15) is 14.4 Å². The van der Waals surface area contributed by atoms with Crippen LogP contribution in [0.25, 0.3) is 0 Å². The van der Waals surface area contributed by atoms with Crippen molar-refractivity contribution >= 4 is 23.5 Å². The Labute approximate surface area is 133 Å². The van der Waals surface area contributed by atoms with Crippen molar-refractivity contribution in [2.75, 3.05) is 5.32 Å². The standard InChI is InChI=1S/C16H18N2O5/c19-14(17-11-5-6-11)9-1-3-10(4-2-9)18-15(20)12-7-8-13(23-12)16(21)22/h1-4,11-13H,5-8H2,(H,17,19)(H,18,20)(H,21,22)/t12-,13+/m0/s1. The third-order valence-corrected chi connectivity index (χ3v) is 3.91. The summed E-state index contributed by atoms with van der Waals surface area (Å²) in [6, 6.07) is 6.86. The molecule has 3 N–H and O–H groups in total. The highest BCUT2D eigenvalue weighted by atomic mass is 16.5. The molecule has 0 unspecified atom stereocenters. The predicted octanol–water partition coefficient (Wildman–Crippen LogP) is 1.15. The smallest absolute Gasteiger partial charge is 0.332 e. The number of benzene rings is 1. The van der Waals surface area contributed by atoms with E-state index in [-0.39, 0.29) is 11.8 Å². The van der Waals surface area contributed by atoms with Gasteiger partial charge in [-0.1, -0.05) is 0 Å². The van der Waals surface area contributed by atoms with Gasteiger partial charge in [0.05, 0.1) is 0 Å². The minimum atomic E-state index is -1.05. The molecule has 1 aliphatic heterocycles. The lowest BCUT2D eigenvalue weighted by atomic mass is 10.1. The number of amides is 2. The maximum absolute atomic E-state index is 12.0. The van der Waals surface area contributed by atoms with E-state index in [1.165, 1.54) is 0 Å². The summed E-state index contributed by atoms with van der Waals surface area (Å²) in [7, 11) is 0. The quantitative estimate of drug-likeness (QED) is 0.755. The lowest BCUT2D eigenvalue weighted by Crippen LogP contribution is -2.30. The molecule has 1 saturated carbocycles. The van der Waals surface area contributed by atoms with Gasteiger partial charge in [0.1, 0.15) is 6.10 Å². The van der Waals surface area contributed by atoms with Crippen LogP contribution in [0.4, 0.5) is 5.69 Å². The molecule has 23 heavy (non-hydrogen) atoms. The van der Waals surface area contributed by atoms with Gasteiger partial charge in [0, 0.05) is 17.3 Å². The van der Waals surface area contributed by atoms with Crippen LogP contribution in [-0.4, -0.2) is 41.1 Å². The molecule has 122 valence electrons. The van der Waals surface area contributed by atoms with Gasteiger partial charge in [-0.05, 0) is 49.9 Å². The maximum Gasteiger partial charge on any atom is 0.332 e. The normalized spacial score (nSPS) is 23.3. The number of aliphatic carboxylic acids is 1. The second-order valence-electron chi connectivity index (χ2n) is 5.84. The monoisotopic (exact) mass is 318 g/mol. The largest absolute Gasteiger partial charge is 0.479 e. The number of carbonyl (C=O) groups is 3. The number of carbonyl (C=O) groups excluding carboxylic acids is 2. The highest BCUT2D eigenvalue weighted by molar-refractivity contribution is 5.97. The van der Waals surface area contributed by atoms with Gasteiger partial charge in [-0.15, -0.1) is 0 Å². The fourth-order valence-corrected chi connectivity index (χ4v) is 2.44. The van der Waals surface area contributed by atoms with Gasteiger partial charge in [-0.3, -0.25) is 9.59 Å². The summed E-state index contributed by atoms with van der Waals surface area (Å²) < 4.78 is 5.19. The van der Waals surface area contributed by atoms with Gasteiger partial charge in [0.15, 0.2) is 6.10 Å². The zero-order valence-electron chi connectivity index (χ0n) is 12.5. The number of carboxylic acids is 1. The molecule has 0 aromatic heterocycles. The van der Waals surface area contributed by atoms with Crippen LogP contribution < -0.4 is 10.6 Å². The molecule has 3 rings (SSSR count). The molecule has 1 heterocycles. The molecule has 2 atom stereocenters. The van der Waals surface area contributed by atoms with E-state index in [1.807, 2.05) is 0 Å². The van der Waals surface area contributed by atoms with Crippen molar-refractivity contribution in [3.63, 3.8) is 0 Å². The highest BCUT2D eigenvalue weighted by Gasteiger charge is 2.34. The summed E-state index contributed by atoms with van der Waals surface area (Å²) in [6.45, 7) is 0. The Kier molecular flexibility index (Phi) is 4.29. The fourth-order valence-electron chi connectivity index (χ4n) is 2.44. The molecule has 0 spiro atoms. The third kappa shape index (κ3) is 3.87. The molecule has 2 aliphatic rings. The molecule has 2 fully saturated rings. The summed E-state index contributed by atoms with van der Waals surface area (Å²) in [6.07, 6.45) is 1.09. The number of hydrogen-bond donors (Lipinski definition) is 3. The first-order valence-corrected chi connectivity index (χ1v) is 7.63. The molecule has 0 bridgehead atoms. The van der Waals surface area contributed by atoms with E-state index in [0.29, 0.717) is 30.1 Å². The molecule has 1 saturated heterocycles. The van der Waals surface area contributed by atoms with Crippen molar-refractivity contribution in [3.05, 3.63) is 29.8 Å². The fraction of sp³-hybridized carbons (Fsp3) is 0.438. The summed E-state index contributed by atoms with van der Waals surface area (Å²) in [5.41, 5.74) is 1.08. The second-order valence-corrected chi connectivity index (χ2v) is 5.84. The molecule has 1 aromatic rings. The number of ether oxygens (including phenoxy) is 1. The van der Waals surface area contributed by atoms with Crippen molar-refractivity contribution in [1.82, 2.24) is 5.32 Å². The van der Waals surface area contributed by atoms with Crippen LogP contribution in [0, 0.1) is 0 Å². The van der Waals surface area contributed by atoms with E-state index in [4.69, 9.17) is 9.84 Å². The molecule has 1 aromatic carbocycles. The number of anilines is 1. The van der Waals surface area contributed by atoms with Gasteiger partial charge >= 0.3 is 5.97 Å². The van der Waals surface area contributed by atoms with E-state index >= 15 is 0 Å². The summed E-state index contributed by atoms with van der Waals surface area (Å²) in [5, 5.41) is 14.4. The van der Waals surface area contributed by atoms with Crippen molar-refractivity contribution in [3.8, 4) is 0 Å². The first-order valence-electron chi connectivity index (χ1n) is 7.63. The van der Waals surface area contributed by atoms with Crippen molar-refractivity contribution in [2.45, 2.75) is 43.9 Å². The lowest BCUT2D eigenvalue weighted by Gasteiger charge is -2.12. The second kappa shape index (κ2) is 6.37.